The zero-order chi connectivity index (χ0) is 75.2. The molecule has 0 aliphatic rings. The van der Waals surface area contributed by atoms with Gasteiger partial charge in [0.05, 0.1) is 21.2 Å². The number of fused-ring (bicyclic) bond motifs is 4. The van der Waals surface area contributed by atoms with Gasteiger partial charge in [-0.3, -0.25) is 36.4 Å². The second-order valence-electron chi connectivity index (χ2n) is 20.9. The second-order valence-corrected chi connectivity index (χ2v) is 32.7. The number of nitrogens with zero attached hydrogens (tertiary/aromatic N) is 10. The number of aromatic hydroxyl groups is 2. The highest BCUT2D eigenvalue weighted by Crippen LogP contribution is 2.49. The van der Waals surface area contributed by atoms with Gasteiger partial charge in [-0.2, -0.15) is 97.2 Å². The summed E-state index contributed by atoms with van der Waals surface area (Å²) in [6.45, 7) is -0.198. The van der Waals surface area contributed by atoms with Crippen molar-refractivity contribution < 1.29 is 114 Å². The van der Waals surface area contributed by atoms with Crippen molar-refractivity contribution in [1.29, 1.82) is 0 Å². The van der Waals surface area contributed by atoms with Gasteiger partial charge in [-0.15, -0.1) is 20.5 Å². The van der Waals surface area contributed by atoms with E-state index >= 15 is 0 Å². The minimum Gasteiger partial charge on any atom is -0.505 e. The molecular weight excluding hydrogens is 1580 g/mol. The van der Waals surface area contributed by atoms with Crippen LogP contribution in [0.5, 0.6) is 11.5 Å². The van der Waals surface area contributed by atoms with Crippen LogP contribution in [0.15, 0.2) is 181 Å². The minimum absolute atomic E-state index is 0.182. The number of rotatable bonds is 21. The van der Waals surface area contributed by atoms with E-state index in [4.69, 9.17) is 23.2 Å². The summed E-state index contributed by atoms with van der Waals surface area (Å²) in [6, 6.07) is 18.9. The van der Waals surface area contributed by atoms with Crippen LogP contribution in [0.1, 0.15) is 5.56 Å². The molecule has 0 fully saturated rings. The molecule has 14 N–H and O–H groups in total. The Morgan fingerprint density at radius 2 is 0.738 bits per heavy atom. The molecule has 0 unspecified atom stereocenters. The van der Waals surface area contributed by atoms with Gasteiger partial charge in [0.2, 0.25) is 34.4 Å². The summed E-state index contributed by atoms with van der Waals surface area (Å²) < 4.78 is 283. The molecule has 0 aliphatic carbocycles. The molecule has 50 heteroatoms. The fraction of sp³-hybridized carbons (Fsp3) is 0.0189. The van der Waals surface area contributed by atoms with E-state index in [-0.39, 0.29) is 24.1 Å². The number of nitrogens with one attached hydrogen (secondary N) is 4. The van der Waals surface area contributed by atoms with Crippen molar-refractivity contribution in [3.8, 4) is 11.5 Å². The van der Waals surface area contributed by atoms with Crippen molar-refractivity contribution >= 4 is 211 Å². The molecule has 103 heavy (non-hydrogen) atoms. The number of halogens is 2. The van der Waals surface area contributed by atoms with Crippen molar-refractivity contribution in [2.75, 3.05) is 21.3 Å². The predicted molar refractivity (Wildman–Crippen MR) is 359 cm³/mol. The number of benzene rings is 9. The smallest absolute Gasteiger partial charge is 0.297 e. The molecule has 9 aromatic carbocycles. The molecule has 11 aromatic rings. The summed E-state index contributed by atoms with van der Waals surface area (Å²) in [5, 5.41) is 43.7. The lowest BCUT2D eigenvalue weighted by Gasteiger charge is -2.15. The molecule has 11 rings (SSSR count). The Balaban J connectivity index is 0.894. The van der Waals surface area contributed by atoms with E-state index < -0.39 is 231 Å². The summed E-state index contributed by atoms with van der Waals surface area (Å²) in [6.07, 6.45) is 0. The average molecular weight is 1610 g/mol. The van der Waals surface area contributed by atoms with Crippen LogP contribution in [-0.4, -0.2) is 144 Å². The Hall–Kier alpha value is -10.1. The maximum Gasteiger partial charge on any atom is 0.297 e. The van der Waals surface area contributed by atoms with E-state index in [0.29, 0.717) is 42.0 Å². The van der Waals surface area contributed by atoms with E-state index in [9.17, 15) is 114 Å². The number of hydrogen-bond donors (Lipinski definition) is 14. The lowest BCUT2D eigenvalue weighted by molar-refractivity contribution is 0.471. The Labute approximate surface area is 587 Å². The number of aromatic nitrogens is 6. The van der Waals surface area contributed by atoms with Gasteiger partial charge in [-0.05, 0) is 112 Å². The summed E-state index contributed by atoms with van der Waals surface area (Å²) in [4.78, 5) is 15.9. The highest BCUT2D eigenvalue weighted by Gasteiger charge is 2.31. The summed E-state index contributed by atoms with van der Waals surface area (Å²) in [5.41, 5.74) is -4.64. The molecular formula is C53H36Cl2N14O26S8. The van der Waals surface area contributed by atoms with Crippen molar-refractivity contribution in [3.63, 3.8) is 0 Å². The monoisotopic (exact) mass is 1610 g/mol. The Kier molecular flexibility index (Phi) is 19.1. The lowest BCUT2D eigenvalue weighted by atomic mass is 10.1. The first-order valence-electron chi connectivity index (χ1n) is 27.1. The number of phenols is 2. The van der Waals surface area contributed by atoms with Crippen LogP contribution in [0.3, 0.4) is 0 Å². The van der Waals surface area contributed by atoms with Crippen molar-refractivity contribution in [2.45, 2.75) is 45.7 Å². The Morgan fingerprint density at radius 3 is 1.13 bits per heavy atom. The van der Waals surface area contributed by atoms with E-state index in [2.05, 4.69) is 71.6 Å². The van der Waals surface area contributed by atoms with Crippen molar-refractivity contribution in [1.82, 2.24) is 29.9 Å². The van der Waals surface area contributed by atoms with E-state index in [0.717, 1.165) is 60.7 Å². The van der Waals surface area contributed by atoms with Crippen LogP contribution >= 0.6 is 23.2 Å². The minimum atomic E-state index is -5.55. The zero-order valence-electron chi connectivity index (χ0n) is 49.8. The van der Waals surface area contributed by atoms with Crippen molar-refractivity contribution in [3.05, 3.63) is 137 Å². The van der Waals surface area contributed by atoms with Gasteiger partial charge >= 0.3 is 0 Å². The van der Waals surface area contributed by atoms with Crippen molar-refractivity contribution in [2.24, 2.45) is 20.5 Å². The van der Waals surface area contributed by atoms with Crippen LogP contribution in [0.2, 0.25) is 10.6 Å². The molecule has 0 saturated carbocycles. The third-order valence-corrected chi connectivity index (χ3v) is 21.7. The molecule has 0 saturated heterocycles. The van der Waals surface area contributed by atoms with E-state index in [1.807, 2.05) is 0 Å². The normalized spacial score (nSPS) is 13.0. The first-order valence-corrected chi connectivity index (χ1v) is 39.4. The molecule has 0 amide bonds. The van der Waals surface area contributed by atoms with Crippen LogP contribution in [0.4, 0.5) is 63.6 Å². The third-order valence-electron chi connectivity index (χ3n) is 14.2. The van der Waals surface area contributed by atoms with Gasteiger partial charge < -0.3 is 31.5 Å². The third kappa shape index (κ3) is 15.8. The standard InChI is InChI=1S/C53H36Cl2N14O26S8/c54-48-60-50(64-52(62-48)58-34-19-26(96(72,73)74)15-23-17-38(100(84,85)86)42(44(70)40(23)34)68-66-32-12-10-28-30(46(32)102(90,91)92)6-2-8-36(28)98(78,79)80)56-21-22-4-1-5-25(14-22)57-51-61-49(55)63-53(65-51)59-35-20-27(97(75,76)77)16-24-18-39(101(87,88)89)43(45(71)41(24)35)69-67-33-13-11-29-31(47(33)103(93,94)95)7-3-9-37(29)99(81,82)83/h1-20,70-71H,21H2,(H,72,73,74)(H,75,76,77)(H,78,79,80)(H,81,82,83)(H,84,85,86)(H,87,88,89)(H,90,91,92)(H,93,94,95)(H2,56,58,60,62,64)(H2,57,59,61,63,65). The van der Waals surface area contributed by atoms with Gasteiger partial charge in [-0.1, -0.05) is 48.5 Å². The Morgan fingerprint density at radius 1 is 0.359 bits per heavy atom. The molecule has 2 heterocycles. The summed E-state index contributed by atoms with van der Waals surface area (Å²) >= 11 is 12.6. The van der Waals surface area contributed by atoms with Crippen LogP contribution in [0, 0.1) is 0 Å². The molecule has 0 aliphatic heterocycles. The van der Waals surface area contributed by atoms with Crippen LogP contribution in [0.25, 0.3) is 43.1 Å². The quantitative estimate of drug-likeness (QED) is 0.0235. The number of hydrogen-bond acceptors (Lipinski definition) is 32. The highest BCUT2D eigenvalue weighted by atomic mass is 35.5. The predicted octanol–water partition coefficient (Wildman–Crippen LogP) is 9.03. The topological polar surface area (TPSA) is 650 Å². The largest absolute Gasteiger partial charge is 0.505 e. The molecule has 0 atom stereocenters. The van der Waals surface area contributed by atoms with Crippen LogP contribution < -0.4 is 21.3 Å². The number of phenolic OH excluding ortho intramolecular Hbond substituents is 2. The number of anilines is 7. The number of azo groups is 2. The van der Waals surface area contributed by atoms with Gasteiger partial charge in [0.15, 0.2) is 11.5 Å². The van der Waals surface area contributed by atoms with Gasteiger partial charge in [0.25, 0.3) is 80.9 Å². The summed E-state index contributed by atoms with van der Waals surface area (Å²) in [5.74, 6) is -4.39. The lowest BCUT2D eigenvalue weighted by Crippen LogP contribution is -2.09. The fourth-order valence-electron chi connectivity index (χ4n) is 10.2. The van der Waals surface area contributed by atoms with E-state index in [1.165, 1.54) is 18.2 Å². The molecule has 0 bridgehead atoms. The molecule has 0 spiro atoms. The molecule has 536 valence electrons. The zero-order valence-corrected chi connectivity index (χ0v) is 57.8. The SMILES string of the molecule is O=S(=O)(O)c1cc(Nc2nc(Cl)nc(NCc3cccc(Nc4nc(Cl)nc(Nc5cc(S(=O)(=O)O)cc6cc(S(=O)(=O)O)c(N=Nc7ccc8c(S(=O)(=O)O)cccc8c7S(=O)(=O)O)c(O)c56)n4)c3)n2)c2c(O)c(N=Nc3ccc4c(S(=O)(=O)O)cccc4c3S(=O)(=O)O)c(S(=O)(=O)O)cc2c1. The fourth-order valence-corrected chi connectivity index (χ4v) is 16.0. The average Bonchev–Trinajstić information content (AvgIpc) is 0.760. The molecule has 0 radical (unpaired) electrons. The maximum absolute atomic E-state index is 12.9. The van der Waals surface area contributed by atoms with Gasteiger partial charge in [0.1, 0.15) is 52.1 Å². The van der Waals surface area contributed by atoms with Gasteiger partial charge in [-0.25, -0.2) is 0 Å². The van der Waals surface area contributed by atoms with Gasteiger partial charge in [0, 0.05) is 44.5 Å². The van der Waals surface area contributed by atoms with E-state index in [1.54, 1.807) is 6.07 Å². The first kappa shape index (κ1) is 74.1. The molecule has 2 aromatic heterocycles. The summed E-state index contributed by atoms with van der Waals surface area (Å²) in [7, 11) is -42.4. The first-order chi connectivity index (χ1) is 47.7. The van der Waals surface area contributed by atoms with Crippen LogP contribution in [-0.2, 0) is 87.5 Å². The maximum atomic E-state index is 12.9. The Bertz CT molecular complexity index is 6610. The second kappa shape index (κ2) is 26.6. The molecule has 40 nitrogen and oxygen atoms in total. The highest BCUT2D eigenvalue weighted by molar-refractivity contribution is 7.88.